The highest BCUT2D eigenvalue weighted by Crippen LogP contribution is 2.38. The van der Waals surface area contributed by atoms with E-state index in [4.69, 9.17) is 27.9 Å². The van der Waals surface area contributed by atoms with E-state index in [-0.39, 0.29) is 17.7 Å². The van der Waals surface area contributed by atoms with E-state index in [1.807, 2.05) is 61.5 Å². The van der Waals surface area contributed by atoms with Crippen LogP contribution in [-0.4, -0.2) is 16.0 Å². The smallest absolute Gasteiger partial charge is 0.293 e. The summed E-state index contributed by atoms with van der Waals surface area (Å²) in [5, 5.41) is 0.360. The molecule has 32 heavy (non-hydrogen) atoms. The summed E-state index contributed by atoms with van der Waals surface area (Å²) in [5.41, 5.74) is 3.62. The summed E-state index contributed by atoms with van der Waals surface area (Å²) in [4.78, 5) is 26.8. The monoisotopic (exact) mass is 483 g/mol. The molecule has 3 aromatic carbocycles. The van der Waals surface area contributed by atoms with Crippen molar-refractivity contribution in [3.63, 3.8) is 0 Å². The number of aryl methyl sites for hydroxylation is 1. The van der Waals surface area contributed by atoms with Gasteiger partial charge in [0.05, 0.1) is 21.5 Å². The molecule has 1 heterocycles. The van der Waals surface area contributed by atoms with Crippen molar-refractivity contribution >= 4 is 52.2 Å². The molecule has 0 atom stereocenters. The number of nitrogens with zero attached hydrogens (tertiary/aromatic N) is 1. The summed E-state index contributed by atoms with van der Waals surface area (Å²) >= 11 is 13.7. The van der Waals surface area contributed by atoms with Gasteiger partial charge in [0.15, 0.2) is 5.75 Å². The minimum Gasteiger partial charge on any atom is -0.486 e. The normalized spacial score (nSPS) is 15.0. The first kappa shape index (κ1) is 22.5. The topological polar surface area (TPSA) is 46.6 Å². The van der Waals surface area contributed by atoms with Gasteiger partial charge in [0.1, 0.15) is 6.61 Å². The third-order valence-corrected chi connectivity index (χ3v) is 6.35. The third-order valence-electron chi connectivity index (χ3n) is 4.88. The largest absolute Gasteiger partial charge is 0.486 e. The SMILES string of the molecule is Cc1ccc(CN2C(=O)S/C(=C\c3cc(Cl)c(OCc4ccccc4)c(Cl)c3)C2=O)cc1. The minimum absolute atomic E-state index is 0.232. The Hall–Kier alpha value is -2.73. The molecule has 0 N–H and O–H groups in total. The Kier molecular flexibility index (Phi) is 6.89. The van der Waals surface area contributed by atoms with Gasteiger partial charge in [-0.25, -0.2) is 0 Å². The highest BCUT2D eigenvalue weighted by Gasteiger charge is 2.35. The fraction of sp³-hybridized carbons (Fsp3) is 0.120. The second-order valence-electron chi connectivity index (χ2n) is 7.34. The van der Waals surface area contributed by atoms with E-state index in [0.717, 1.165) is 28.5 Å². The summed E-state index contributed by atoms with van der Waals surface area (Å²) in [6, 6.07) is 20.8. The fourth-order valence-corrected chi connectivity index (χ4v) is 4.65. The van der Waals surface area contributed by atoms with Crippen LogP contribution in [0.5, 0.6) is 5.75 Å². The summed E-state index contributed by atoms with van der Waals surface area (Å²) in [7, 11) is 0. The number of rotatable bonds is 6. The number of benzene rings is 3. The number of hydrogen-bond donors (Lipinski definition) is 0. The fourth-order valence-electron chi connectivity index (χ4n) is 3.19. The van der Waals surface area contributed by atoms with Gasteiger partial charge in [0.2, 0.25) is 0 Å². The first-order valence-electron chi connectivity index (χ1n) is 9.87. The van der Waals surface area contributed by atoms with Crippen LogP contribution in [0.25, 0.3) is 6.08 Å². The van der Waals surface area contributed by atoms with Crippen molar-refractivity contribution in [3.05, 3.63) is 104 Å². The highest BCUT2D eigenvalue weighted by molar-refractivity contribution is 8.18. The molecule has 2 amide bonds. The number of amides is 2. The molecule has 0 spiro atoms. The standard InChI is InChI=1S/C25H19Cl2NO3S/c1-16-7-9-17(10-8-16)14-28-24(29)22(32-25(28)30)13-19-11-20(26)23(21(27)12-19)31-15-18-5-3-2-4-6-18/h2-13H,14-15H2,1H3/b22-13-. The summed E-state index contributed by atoms with van der Waals surface area (Å²) < 4.78 is 5.79. The Morgan fingerprint density at radius 1 is 0.938 bits per heavy atom. The summed E-state index contributed by atoms with van der Waals surface area (Å²) in [6.07, 6.45) is 1.62. The van der Waals surface area contributed by atoms with Crippen LogP contribution in [0.15, 0.2) is 71.6 Å². The Labute approximate surface area is 200 Å². The number of thioether (sulfide) groups is 1. The van der Waals surface area contributed by atoms with Gasteiger partial charge in [-0.15, -0.1) is 0 Å². The van der Waals surface area contributed by atoms with Gasteiger partial charge < -0.3 is 4.74 Å². The van der Waals surface area contributed by atoms with E-state index >= 15 is 0 Å². The van der Waals surface area contributed by atoms with Gasteiger partial charge in [-0.3, -0.25) is 14.5 Å². The van der Waals surface area contributed by atoms with Gasteiger partial charge in [0, 0.05) is 0 Å². The maximum absolute atomic E-state index is 12.8. The first-order valence-corrected chi connectivity index (χ1v) is 11.4. The number of carbonyl (C=O) groups excluding carboxylic acids is 2. The molecule has 1 saturated heterocycles. The molecule has 0 bridgehead atoms. The van der Waals surface area contributed by atoms with Crippen molar-refractivity contribution in [2.75, 3.05) is 0 Å². The lowest BCUT2D eigenvalue weighted by Crippen LogP contribution is -2.27. The lowest BCUT2D eigenvalue weighted by atomic mass is 10.1. The van der Waals surface area contributed by atoms with Crippen molar-refractivity contribution in [2.45, 2.75) is 20.1 Å². The summed E-state index contributed by atoms with van der Waals surface area (Å²) in [6.45, 7) is 2.55. The quantitative estimate of drug-likeness (QED) is 0.350. The van der Waals surface area contributed by atoms with Crippen molar-refractivity contribution < 1.29 is 14.3 Å². The number of hydrogen-bond acceptors (Lipinski definition) is 4. The van der Waals surface area contributed by atoms with Crippen LogP contribution in [0.3, 0.4) is 0 Å². The predicted octanol–water partition coefficient (Wildman–Crippen LogP) is 7.12. The molecule has 162 valence electrons. The van der Waals surface area contributed by atoms with E-state index in [1.54, 1.807) is 18.2 Å². The molecule has 4 nitrogen and oxygen atoms in total. The molecule has 0 radical (unpaired) electrons. The molecule has 1 aliphatic heterocycles. The van der Waals surface area contributed by atoms with Gasteiger partial charge in [-0.2, -0.15) is 0 Å². The number of ether oxygens (including phenoxy) is 1. The Morgan fingerprint density at radius 3 is 2.25 bits per heavy atom. The first-order chi connectivity index (χ1) is 15.4. The number of halogens is 2. The van der Waals surface area contributed by atoms with Crippen molar-refractivity contribution in [1.29, 1.82) is 0 Å². The lowest BCUT2D eigenvalue weighted by molar-refractivity contribution is -0.123. The Bertz CT molecular complexity index is 1170. The van der Waals surface area contributed by atoms with Gasteiger partial charge in [-0.1, -0.05) is 83.4 Å². The average Bonchev–Trinajstić information content (AvgIpc) is 3.02. The summed E-state index contributed by atoms with van der Waals surface area (Å²) in [5.74, 6) is 0.0408. The zero-order valence-electron chi connectivity index (χ0n) is 17.2. The van der Waals surface area contributed by atoms with Crippen LogP contribution in [-0.2, 0) is 17.9 Å². The van der Waals surface area contributed by atoms with E-state index in [2.05, 4.69) is 0 Å². The molecular formula is C25H19Cl2NO3S. The van der Waals surface area contributed by atoms with Crippen LogP contribution >= 0.6 is 35.0 Å². The zero-order chi connectivity index (χ0) is 22.7. The van der Waals surface area contributed by atoms with Crippen molar-refractivity contribution in [3.8, 4) is 5.75 Å². The minimum atomic E-state index is -0.336. The van der Waals surface area contributed by atoms with Gasteiger partial charge in [-0.05, 0) is 53.6 Å². The molecule has 4 rings (SSSR count). The Morgan fingerprint density at radius 2 is 1.59 bits per heavy atom. The second kappa shape index (κ2) is 9.82. The lowest BCUT2D eigenvalue weighted by Gasteiger charge is -2.12. The second-order valence-corrected chi connectivity index (χ2v) is 9.15. The molecule has 1 aliphatic rings. The Balaban J connectivity index is 1.50. The van der Waals surface area contributed by atoms with E-state index < -0.39 is 0 Å². The van der Waals surface area contributed by atoms with E-state index in [9.17, 15) is 9.59 Å². The molecular weight excluding hydrogens is 465 g/mol. The zero-order valence-corrected chi connectivity index (χ0v) is 19.5. The van der Waals surface area contributed by atoms with Crippen molar-refractivity contribution in [1.82, 2.24) is 4.90 Å². The molecule has 0 aliphatic carbocycles. The van der Waals surface area contributed by atoms with Crippen molar-refractivity contribution in [2.24, 2.45) is 0 Å². The maximum Gasteiger partial charge on any atom is 0.293 e. The molecule has 0 unspecified atom stereocenters. The van der Waals surface area contributed by atoms with Gasteiger partial charge >= 0.3 is 0 Å². The van der Waals surface area contributed by atoms with Crippen LogP contribution in [0.2, 0.25) is 10.0 Å². The van der Waals surface area contributed by atoms with E-state index in [0.29, 0.717) is 32.9 Å². The van der Waals surface area contributed by atoms with Gasteiger partial charge in [0.25, 0.3) is 11.1 Å². The van der Waals surface area contributed by atoms with Crippen LogP contribution in [0.4, 0.5) is 4.79 Å². The van der Waals surface area contributed by atoms with Crippen LogP contribution in [0, 0.1) is 6.92 Å². The highest BCUT2D eigenvalue weighted by atomic mass is 35.5. The third kappa shape index (κ3) is 5.18. The van der Waals surface area contributed by atoms with Crippen LogP contribution in [0.1, 0.15) is 22.3 Å². The number of carbonyl (C=O) groups is 2. The van der Waals surface area contributed by atoms with Crippen LogP contribution < -0.4 is 4.74 Å². The van der Waals surface area contributed by atoms with E-state index in [1.165, 1.54) is 4.90 Å². The molecule has 3 aromatic rings. The maximum atomic E-state index is 12.8. The molecule has 0 aromatic heterocycles. The molecule has 1 fully saturated rings. The predicted molar refractivity (Wildman–Crippen MR) is 130 cm³/mol. The average molecular weight is 484 g/mol. The molecule has 0 saturated carbocycles. The number of imide groups is 1. The molecule has 7 heteroatoms.